The van der Waals surface area contributed by atoms with Gasteiger partial charge in [0.25, 0.3) is 0 Å². The molecule has 0 amide bonds. The molecule has 1 saturated heterocycles. The highest BCUT2D eigenvalue weighted by atomic mass is 32.2. The first-order valence-corrected chi connectivity index (χ1v) is 7.70. The van der Waals surface area contributed by atoms with Crippen molar-refractivity contribution in [3.8, 4) is 0 Å². The van der Waals surface area contributed by atoms with E-state index in [0.717, 1.165) is 17.1 Å². The number of carbonyl (C=O) groups is 1. The molecule has 0 unspecified atom stereocenters. The molecule has 3 N–H and O–H groups in total. The van der Waals surface area contributed by atoms with Crippen molar-refractivity contribution >= 4 is 16.0 Å². The Balaban J connectivity index is 1.90. The molecule has 8 nitrogen and oxygen atoms in total. The van der Waals surface area contributed by atoms with E-state index in [2.05, 4.69) is 10.2 Å². The van der Waals surface area contributed by atoms with Gasteiger partial charge in [-0.2, -0.15) is 9.40 Å². The fourth-order valence-corrected chi connectivity index (χ4v) is 4.48. The van der Waals surface area contributed by atoms with E-state index in [-0.39, 0.29) is 29.6 Å². The maximum Gasteiger partial charge on any atom is 0.357 e. The van der Waals surface area contributed by atoms with Crippen LogP contribution in [0.2, 0.25) is 0 Å². The van der Waals surface area contributed by atoms with Crippen LogP contribution in [-0.4, -0.2) is 57.8 Å². The summed E-state index contributed by atoms with van der Waals surface area (Å²) in [4.78, 5) is 10.7. The van der Waals surface area contributed by atoms with E-state index in [9.17, 15) is 18.3 Å². The number of aromatic amines is 1. The van der Waals surface area contributed by atoms with Crippen LogP contribution in [0.4, 0.5) is 0 Å². The molecule has 2 heterocycles. The van der Waals surface area contributed by atoms with Crippen molar-refractivity contribution in [3.63, 3.8) is 0 Å². The second-order valence-electron chi connectivity index (χ2n) is 5.48. The number of nitrogens with zero attached hydrogens (tertiary/aromatic N) is 2. The van der Waals surface area contributed by atoms with Crippen molar-refractivity contribution in [1.29, 1.82) is 0 Å². The molecule has 110 valence electrons. The van der Waals surface area contributed by atoms with E-state index < -0.39 is 27.3 Å². The van der Waals surface area contributed by atoms with E-state index in [1.807, 2.05) is 0 Å². The van der Waals surface area contributed by atoms with Crippen LogP contribution in [0.3, 0.4) is 0 Å². The van der Waals surface area contributed by atoms with Gasteiger partial charge in [-0.25, -0.2) is 13.2 Å². The number of aliphatic hydroxyl groups is 1. The molecule has 1 aliphatic carbocycles. The summed E-state index contributed by atoms with van der Waals surface area (Å²) in [6.07, 6.45) is 1.82. The van der Waals surface area contributed by atoms with Crippen LogP contribution >= 0.6 is 0 Å². The van der Waals surface area contributed by atoms with E-state index in [4.69, 9.17) is 5.11 Å². The van der Waals surface area contributed by atoms with E-state index >= 15 is 0 Å². The van der Waals surface area contributed by atoms with Crippen LogP contribution in [0.5, 0.6) is 0 Å². The summed E-state index contributed by atoms with van der Waals surface area (Å²) in [5.74, 6) is -1.23. The third-order valence-electron chi connectivity index (χ3n) is 3.93. The lowest BCUT2D eigenvalue weighted by Crippen LogP contribution is -2.64. The van der Waals surface area contributed by atoms with Gasteiger partial charge in [0.15, 0.2) is 5.69 Å². The molecule has 9 heteroatoms. The maximum atomic E-state index is 12.4. The lowest BCUT2D eigenvalue weighted by molar-refractivity contribution is -0.0765. The summed E-state index contributed by atoms with van der Waals surface area (Å²) in [7, 11) is -3.94. The Morgan fingerprint density at radius 3 is 2.55 bits per heavy atom. The van der Waals surface area contributed by atoms with Gasteiger partial charge in [0, 0.05) is 13.1 Å². The van der Waals surface area contributed by atoms with Gasteiger partial charge in [0.2, 0.25) is 10.0 Å². The van der Waals surface area contributed by atoms with Gasteiger partial charge < -0.3 is 10.2 Å². The normalized spacial score (nSPS) is 22.5. The first-order chi connectivity index (χ1) is 9.25. The molecule has 20 heavy (non-hydrogen) atoms. The minimum Gasteiger partial charge on any atom is -0.476 e. The van der Waals surface area contributed by atoms with Crippen molar-refractivity contribution in [2.45, 2.75) is 30.3 Å². The smallest absolute Gasteiger partial charge is 0.357 e. The van der Waals surface area contributed by atoms with Gasteiger partial charge in [-0.15, -0.1) is 0 Å². The predicted molar refractivity (Wildman–Crippen MR) is 66.7 cm³/mol. The molecule has 0 bridgehead atoms. The summed E-state index contributed by atoms with van der Waals surface area (Å²) >= 11 is 0. The van der Waals surface area contributed by atoms with Crippen LogP contribution in [-0.2, 0) is 10.0 Å². The van der Waals surface area contributed by atoms with Gasteiger partial charge in [-0.1, -0.05) is 0 Å². The van der Waals surface area contributed by atoms with Crippen molar-refractivity contribution in [2.75, 3.05) is 13.1 Å². The molecule has 0 atom stereocenters. The minimum absolute atomic E-state index is 0.0175. The maximum absolute atomic E-state index is 12.4. The lowest BCUT2D eigenvalue weighted by Gasteiger charge is -2.45. The van der Waals surface area contributed by atoms with Gasteiger partial charge in [-0.05, 0) is 25.7 Å². The first-order valence-electron chi connectivity index (χ1n) is 6.26. The van der Waals surface area contributed by atoms with Crippen molar-refractivity contribution in [2.24, 2.45) is 5.92 Å². The number of nitrogens with one attached hydrogen (secondary N) is 1. The Labute approximate surface area is 115 Å². The summed E-state index contributed by atoms with van der Waals surface area (Å²) < 4.78 is 26.0. The molecule has 2 fully saturated rings. The molecule has 1 aromatic heterocycles. The zero-order chi connectivity index (χ0) is 14.7. The average Bonchev–Trinajstić information content (AvgIpc) is 3.07. The Bertz CT molecular complexity index is 670. The third-order valence-corrected chi connectivity index (χ3v) is 5.88. The van der Waals surface area contributed by atoms with Crippen LogP contribution < -0.4 is 0 Å². The number of aromatic nitrogens is 2. The zero-order valence-corrected chi connectivity index (χ0v) is 11.6. The fraction of sp³-hybridized carbons (Fsp3) is 0.636. The number of β-amino-alcohol motifs (C(OH)–C–C–N with tert-alkyl or cyclic N) is 1. The van der Waals surface area contributed by atoms with Crippen LogP contribution in [0.25, 0.3) is 0 Å². The van der Waals surface area contributed by atoms with Crippen LogP contribution in [0.15, 0.2) is 4.90 Å². The minimum atomic E-state index is -3.94. The molecule has 3 rings (SSSR count). The molecular weight excluding hydrogens is 286 g/mol. The monoisotopic (exact) mass is 301 g/mol. The number of H-pyrrole nitrogens is 1. The molecule has 2 aliphatic rings. The number of rotatable bonds is 4. The summed E-state index contributed by atoms with van der Waals surface area (Å²) in [6.45, 7) is 1.49. The van der Waals surface area contributed by atoms with Crippen LogP contribution in [0.1, 0.15) is 29.0 Å². The summed E-state index contributed by atoms with van der Waals surface area (Å²) in [6, 6.07) is 0. The van der Waals surface area contributed by atoms with Crippen molar-refractivity contribution in [1.82, 2.24) is 14.5 Å². The number of aromatic carboxylic acids is 1. The van der Waals surface area contributed by atoms with Gasteiger partial charge in [0.1, 0.15) is 4.90 Å². The second kappa shape index (κ2) is 4.03. The number of aryl methyl sites for hydroxylation is 1. The molecule has 0 radical (unpaired) electrons. The van der Waals surface area contributed by atoms with E-state index in [0.29, 0.717) is 0 Å². The number of sulfonamides is 1. The number of hydrogen-bond acceptors (Lipinski definition) is 5. The Morgan fingerprint density at radius 2 is 2.05 bits per heavy atom. The highest BCUT2D eigenvalue weighted by molar-refractivity contribution is 7.89. The first kappa shape index (κ1) is 13.5. The van der Waals surface area contributed by atoms with Gasteiger partial charge >= 0.3 is 5.97 Å². The largest absolute Gasteiger partial charge is 0.476 e. The Kier molecular flexibility index (Phi) is 2.72. The summed E-state index contributed by atoms with van der Waals surface area (Å²) in [5.41, 5.74) is -1.28. The Hall–Kier alpha value is -1.45. The van der Waals surface area contributed by atoms with Gasteiger partial charge in [-0.3, -0.25) is 5.10 Å². The van der Waals surface area contributed by atoms with Crippen molar-refractivity contribution < 1.29 is 23.4 Å². The molecule has 0 aromatic carbocycles. The second-order valence-corrected chi connectivity index (χ2v) is 7.36. The standard InChI is InChI=1S/C11H15N3O5S/c1-6-9(8(10(15)16)13-12-6)20(18,19)14-4-11(17,5-14)7-2-3-7/h7,17H,2-5H2,1H3,(H,12,13)(H,15,16). The quantitative estimate of drug-likeness (QED) is 0.693. The van der Waals surface area contributed by atoms with E-state index in [1.165, 1.54) is 6.92 Å². The van der Waals surface area contributed by atoms with E-state index in [1.54, 1.807) is 0 Å². The fourth-order valence-electron chi connectivity index (χ4n) is 2.62. The van der Waals surface area contributed by atoms with Crippen molar-refractivity contribution in [3.05, 3.63) is 11.4 Å². The molecule has 1 saturated carbocycles. The summed E-state index contributed by atoms with van der Waals surface area (Å²) in [5, 5.41) is 25.1. The average molecular weight is 301 g/mol. The topological polar surface area (TPSA) is 124 Å². The molecule has 1 aliphatic heterocycles. The predicted octanol–water partition coefficient (Wildman–Crippen LogP) is -0.438. The highest BCUT2D eigenvalue weighted by Crippen LogP contribution is 2.46. The number of hydrogen-bond donors (Lipinski definition) is 3. The number of carboxylic acid groups (broad SMARTS) is 1. The SMILES string of the molecule is Cc1[nH]nc(C(=O)O)c1S(=O)(=O)N1CC(O)(C2CC2)C1. The molecule has 1 aromatic rings. The lowest BCUT2D eigenvalue weighted by atomic mass is 9.91. The van der Waals surface area contributed by atoms with Crippen LogP contribution in [0, 0.1) is 12.8 Å². The third kappa shape index (κ3) is 1.85. The number of carboxylic acids is 1. The zero-order valence-electron chi connectivity index (χ0n) is 10.8. The molecular formula is C11H15N3O5S. The highest BCUT2D eigenvalue weighted by Gasteiger charge is 2.56. The molecule has 0 spiro atoms. The van der Waals surface area contributed by atoms with Gasteiger partial charge in [0.05, 0.1) is 11.3 Å². The Morgan fingerprint density at radius 1 is 1.45 bits per heavy atom.